The molecule has 2 aliphatic rings. The van der Waals surface area contributed by atoms with E-state index in [1.165, 1.54) is 11.1 Å². The molecule has 0 radical (unpaired) electrons. The van der Waals surface area contributed by atoms with Gasteiger partial charge in [-0.15, -0.1) is 0 Å². The zero-order valence-corrected chi connectivity index (χ0v) is 30.3. The molecule has 4 rings (SSSR count). The molecule has 2 aromatic carbocycles. The predicted octanol–water partition coefficient (Wildman–Crippen LogP) is 5.43. The molecule has 2 unspecified atom stereocenters. The molecule has 0 fully saturated rings. The van der Waals surface area contributed by atoms with Crippen LogP contribution >= 0.6 is 15.8 Å². The summed E-state index contributed by atoms with van der Waals surface area (Å²) in [5, 5.41) is 4.73. The van der Waals surface area contributed by atoms with Crippen LogP contribution in [0, 0.1) is 0 Å². The maximum atomic E-state index is 2.64. The number of hydrogen-bond acceptors (Lipinski definition) is 0. The Kier molecular flexibility index (Phi) is 10.7. The van der Waals surface area contributed by atoms with Gasteiger partial charge in [0.1, 0.15) is 0 Å². The van der Waals surface area contributed by atoms with Crippen LogP contribution in [0.1, 0.15) is 113 Å². The maximum absolute atomic E-state index is 2.64. The van der Waals surface area contributed by atoms with Gasteiger partial charge in [0.2, 0.25) is 0 Å². The Balaban J connectivity index is 0.00000267. The van der Waals surface area contributed by atoms with E-state index in [2.05, 4.69) is 144 Å². The third-order valence-electron chi connectivity index (χ3n) is 7.35. The fourth-order valence-electron chi connectivity index (χ4n) is 7.08. The summed E-state index contributed by atoms with van der Waals surface area (Å²) in [6, 6.07) is 18.7. The molecule has 0 bridgehead atoms. The minimum Gasteiger partial charge on any atom is -1.00 e. The summed E-state index contributed by atoms with van der Waals surface area (Å²) in [5.41, 5.74) is 6.25. The van der Waals surface area contributed by atoms with Crippen molar-refractivity contribution in [2.24, 2.45) is 0 Å². The Morgan fingerprint density at radius 2 is 0.769 bits per heavy atom. The molecule has 0 heterocycles. The van der Waals surface area contributed by atoms with Crippen LogP contribution in [0.4, 0.5) is 0 Å². The molecule has 0 saturated heterocycles. The summed E-state index contributed by atoms with van der Waals surface area (Å²) in [7, 11) is -0.605. The van der Waals surface area contributed by atoms with E-state index in [9.17, 15) is 0 Å². The van der Waals surface area contributed by atoms with Crippen LogP contribution in [0.3, 0.4) is 0 Å². The van der Waals surface area contributed by atoms with Gasteiger partial charge in [-0.2, -0.15) is 0 Å². The number of benzene rings is 2. The van der Waals surface area contributed by atoms with Crippen LogP contribution in [-0.2, 0) is 23.2 Å². The average Bonchev–Trinajstić information content (AvgIpc) is 3.23. The van der Waals surface area contributed by atoms with E-state index in [1.807, 2.05) is 0 Å². The molecular formula is C34H48F2P2Zr. The van der Waals surface area contributed by atoms with Gasteiger partial charge in [-0.3, -0.25) is 0 Å². The van der Waals surface area contributed by atoms with E-state index < -0.39 is 23.2 Å². The summed E-state index contributed by atoms with van der Waals surface area (Å²) in [5.74, 6) is 0. The minimum absolute atomic E-state index is 0. The van der Waals surface area contributed by atoms with Crippen molar-refractivity contribution in [3.63, 3.8) is 0 Å². The van der Waals surface area contributed by atoms with Crippen molar-refractivity contribution in [1.82, 2.24) is 0 Å². The Morgan fingerprint density at radius 3 is 1.05 bits per heavy atom. The second-order valence-corrected chi connectivity index (χ2v) is 26.2. The molecule has 0 nitrogen and oxygen atoms in total. The van der Waals surface area contributed by atoms with Gasteiger partial charge in [0, 0.05) is 0 Å². The van der Waals surface area contributed by atoms with Gasteiger partial charge < -0.3 is 9.41 Å². The SMILES string of the molecule is CC(C)(C)P(C1=Cc2ccccc2[CH]1[Zr+2][CH]1C(P(C(C)(C)C)C(C)(C)C)=Cc2ccccc21)C(C)(C)C.[F-].[F-]. The van der Waals surface area contributed by atoms with Crippen LogP contribution in [-0.4, -0.2) is 20.6 Å². The summed E-state index contributed by atoms with van der Waals surface area (Å²) >= 11 is -0.962. The number of fused-ring (bicyclic) bond motifs is 2. The molecule has 2 aliphatic carbocycles. The van der Waals surface area contributed by atoms with Crippen LogP contribution < -0.4 is 9.41 Å². The largest absolute Gasteiger partial charge is 1.00 e. The van der Waals surface area contributed by atoms with Crippen molar-refractivity contribution in [2.75, 3.05) is 0 Å². The van der Waals surface area contributed by atoms with E-state index in [0.717, 1.165) is 0 Å². The quantitative estimate of drug-likeness (QED) is 0.389. The molecule has 39 heavy (non-hydrogen) atoms. The second kappa shape index (κ2) is 12.0. The fraction of sp³-hybridized carbons (Fsp3) is 0.529. The second-order valence-electron chi connectivity index (χ2n) is 14.8. The van der Waals surface area contributed by atoms with E-state index in [-0.39, 0.29) is 45.9 Å². The van der Waals surface area contributed by atoms with E-state index in [1.54, 1.807) is 21.8 Å². The van der Waals surface area contributed by atoms with Gasteiger partial charge in [0.25, 0.3) is 0 Å². The molecular weight excluding hydrogens is 600 g/mol. The van der Waals surface area contributed by atoms with Gasteiger partial charge in [0.15, 0.2) is 0 Å². The van der Waals surface area contributed by atoms with E-state index in [4.69, 9.17) is 0 Å². The third-order valence-corrected chi connectivity index (χ3v) is 20.4. The molecule has 2 atom stereocenters. The predicted molar refractivity (Wildman–Crippen MR) is 167 cm³/mol. The fourth-order valence-corrected chi connectivity index (χ4v) is 22.6. The molecule has 0 N–H and O–H groups in total. The third kappa shape index (κ3) is 7.12. The molecule has 212 valence electrons. The zero-order chi connectivity index (χ0) is 27.6. The molecule has 2 aromatic rings. The van der Waals surface area contributed by atoms with Gasteiger partial charge in [-0.1, -0.05) is 0 Å². The number of halogens is 2. The molecule has 0 spiro atoms. The first-order chi connectivity index (χ1) is 16.9. The number of hydrogen-bond donors (Lipinski definition) is 0. The first-order valence-electron chi connectivity index (χ1n) is 13.9. The van der Waals surface area contributed by atoms with Crippen molar-refractivity contribution in [3.05, 3.63) is 81.4 Å². The smallest absolute Gasteiger partial charge is 1.00 e. The van der Waals surface area contributed by atoms with E-state index in [0.29, 0.717) is 7.25 Å². The summed E-state index contributed by atoms with van der Waals surface area (Å²) in [4.78, 5) is 0. The molecule has 0 saturated carbocycles. The molecule has 0 amide bonds. The number of rotatable bonds is 4. The monoisotopic (exact) mass is 646 g/mol. The maximum Gasteiger partial charge on any atom is -1.00 e. The van der Waals surface area contributed by atoms with Crippen LogP contribution in [0.25, 0.3) is 12.2 Å². The summed E-state index contributed by atoms with van der Waals surface area (Å²) < 4.78 is 1.31. The first-order valence-corrected chi connectivity index (χ1v) is 19.4. The molecule has 5 heteroatoms. The van der Waals surface area contributed by atoms with Crippen LogP contribution in [0.2, 0.25) is 0 Å². The summed E-state index contributed by atoms with van der Waals surface area (Å²) in [6.07, 6.45) is 5.28. The van der Waals surface area contributed by atoms with Gasteiger partial charge in [0.05, 0.1) is 0 Å². The van der Waals surface area contributed by atoms with Crippen molar-refractivity contribution >= 4 is 28.0 Å². The van der Waals surface area contributed by atoms with Crippen LogP contribution in [0.15, 0.2) is 59.2 Å². The Labute approximate surface area is 251 Å². The zero-order valence-electron chi connectivity index (χ0n) is 26.1. The Hall–Kier alpha value is -0.477. The van der Waals surface area contributed by atoms with Crippen molar-refractivity contribution < 1.29 is 32.6 Å². The minimum atomic E-state index is -0.962. The average molecular weight is 648 g/mol. The topological polar surface area (TPSA) is 0 Å². The first kappa shape index (κ1) is 34.7. The standard InChI is InChI=1S/2C17H24P.2FH.Zr/c2*1-16(2,3)18(17(4,5)6)15-11-13-9-7-8-10-14(13)12-15;;;/h2*7-12H,1-6H3;2*1H;/q;;;;+2/p-2. The van der Waals surface area contributed by atoms with Crippen molar-refractivity contribution in [2.45, 2.75) is 111 Å². The van der Waals surface area contributed by atoms with Gasteiger partial charge >= 0.3 is 244 Å². The molecule has 0 aliphatic heterocycles. The number of allylic oxidation sites excluding steroid dienone is 2. The van der Waals surface area contributed by atoms with Crippen molar-refractivity contribution in [3.8, 4) is 0 Å². The van der Waals surface area contributed by atoms with Gasteiger partial charge in [-0.25, -0.2) is 0 Å². The Morgan fingerprint density at radius 1 is 0.487 bits per heavy atom. The normalized spacial score (nSPS) is 19.0. The van der Waals surface area contributed by atoms with Crippen molar-refractivity contribution in [1.29, 1.82) is 0 Å². The van der Waals surface area contributed by atoms with Crippen LogP contribution in [0.5, 0.6) is 0 Å². The molecule has 0 aromatic heterocycles. The van der Waals surface area contributed by atoms with E-state index >= 15 is 0 Å². The van der Waals surface area contributed by atoms with Gasteiger partial charge in [-0.05, 0) is 0 Å². The Bertz CT molecular complexity index is 1100. The summed E-state index contributed by atoms with van der Waals surface area (Å²) in [6.45, 7) is 29.9.